The zero-order chi connectivity index (χ0) is 18.4. The van der Waals surface area contributed by atoms with Crippen molar-refractivity contribution < 1.29 is 19.0 Å². The van der Waals surface area contributed by atoms with Gasteiger partial charge in [-0.1, -0.05) is 18.2 Å². The van der Waals surface area contributed by atoms with Crippen LogP contribution in [0.4, 0.5) is 10.5 Å². The van der Waals surface area contributed by atoms with Gasteiger partial charge in [-0.05, 0) is 32.4 Å². The molecule has 2 rings (SSSR count). The highest BCUT2D eigenvalue weighted by atomic mass is 16.6. The van der Waals surface area contributed by atoms with Crippen molar-refractivity contribution >= 4 is 11.8 Å². The summed E-state index contributed by atoms with van der Waals surface area (Å²) in [6.07, 6.45) is -0.108. The van der Waals surface area contributed by atoms with Gasteiger partial charge < -0.3 is 14.2 Å². The van der Waals surface area contributed by atoms with E-state index in [9.17, 15) is 4.79 Å². The number of para-hydroxylation sites is 1. The quantitative estimate of drug-likeness (QED) is 0.894. The van der Waals surface area contributed by atoms with Crippen LogP contribution >= 0.6 is 0 Å². The first-order valence-corrected chi connectivity index (χ1v) is 7.84. The number of rotatable bonds is 5. The number of amides is 1. The summed E-state index contributed by atoms with van der Waals surface area (Å²) in [5.41, 5.74) is 0.924. The third-order valence-corrected chi connectivity index (χ3v) is 3.15. The molecule has 1 aromatic heterocycles. The molecule has 1 amide bonds. The molecule has 134 valence electrons. The molecule has 2 aromatic rings. The number of ether oxygens (including phenoxy) is 3. The molecule has 0 radical (unpaired) electrons. The van der Waals surface area contributed by atoms with E-state index in [0.717, 1.165) is 5.56 Å². The van der Waals surface area contributed by atoms with Crippen molar-refractivity contribution in [2.24, 2.45) is 0 Å². The van der Waals surface area contributed by atoms with E-state index in [1.807, 2.05) is 39.0 Å². The predicted molar refractivity (Wildman–Crippen MR) is 94.2 cm³/mol. The Morgan fingerprint density at radius 2 is 1.68 bits per heavy atom. The second-order valence-corrected chi connectivity index (χ2v) is 6.33. The van der Waals surface area contributed by atoms with E-state index >= 15 is 0 Å². The molecule has 0 aliphatic rings. The highest BCUT2D eigenvalue weighted by Gasteiger charge is 2.17. The number of nitrogens with zero attached hydrogens (tertiary/aromatic N) is 2. The van der Waals surface area contributed by atoms with Crippen molar-refractivity contribution in [3.8, 4) is 11.8 Å². The first-order valence-electron chi connectivity index (χ1n) is 7.84. The van der Waals surface area contributed by atoms with Crippen molar-refractivity contribution in [1.29, 1.82) is 0 Å². The second kappa shape index (κ2) is 7.83. The summed E-state index contributed by atoms with van der Waals surface area (Å²) in [7, 11) is 3.06. The van der Waals surface area contributed by atoms with Gasteiger partial charge in [0.25, 0.3) is 0 Å². The smallest absolute Gasteiger partial charge is 0.412 e. The van der Waals surface area contributed by atoms with Crippen molar-refractivity contribution in [2.75, 3.05) is 19.5 Å². The van der Waals surface area contributed by atoms with E-state index < -0.39 is 11.7 Å². The molecule has 7 heteroatoms. The van der Waals surface area contributed by atoms with Gasteiger partial charge in [-0.3, -0.25) is 5.32 Å². The normalized spacial score (nSPS) is 10.9. The standard InChI is InChI=1S/C18H23N3O4/c1-18(2,3)25-17(22)19-13-9-7-6-8-12(13)10-14-20-15(23-4)11-16(21-14)24-5/h6-9,11H,10H2,1-5H3,(H,19,22). The summed E-state index contributed by atoms with van der Waals surface area (Å²) in [5.74, 6) is 1.36. The lowest BCUT2D eigenvalue weighted by Crippen LogP contribution is -2.27. The summed E-state index contributed by atoms with van der Waals surface area (Å²) < 4.78 is 15.6. The molecule has 0 spiro atoms. The van der Waals surface area contributed by atoms with Crippen LogP contribution in [0, 0.1) is 0 Å². The van der Waals surface area contributed by atoms with E-state index in [0.29, 0.717) is 29.7 Å². The summed E-state index contributed by atoms with van der Waals surface area (Å²) in [4.78, 5) is 20.7. The molecular formula is C18H23N3O4. The Hall–Kier alpha value is -2.83. The van der Waals surface area contributed by atoms with E-state index in [1.165, 1.54) is 14.2 Å². The SMILES string of the molecule is COc1cc(OC)nc(Cc2ccccc2NC(=O)OC(C)(C)C)n1. The van der Waals surface area contributed by atoms with Gasteiger partial charge >= 0.3 is 6.09 Å². The molecule has 1 aromatic carbocycles. The Morgan fingerprint density at radius 1 is 1.08 bits per heavy atom. The van der Waals surface area contributed by atoms with Crippen LogP contribution in [0.15, 0.2) is 30.3 Å². The van der Waals surface area contributed by atoms with E-state index in [2.05, 4.69) is 15.3 Å². The summed E-state index contributed by atoms with van der Waals surface area (Å²) in [5, 5.41) is 2.77. The van der Waals surface area contributed by atoms with Crippen molar-refractivity contribution in [1.82, 2.24) is 9.97 Å². The van der Waals surface area contributed by atoms with Crippen LogP contribution in [0.3, 0.4) is 0 Å². The Morgan fingerprint density at radius 3 is 2.24 bits per heavy atom. The molecule has 0 bridgehead atoms. The highest BCUT2D eigenvalue weighted by Crippen LogP contribution is 2.22. The van der Waals surface area contributed by atoms with Gasteiger partial charge in [-0.2, -0.15) is 9.97 Å². The Balaban J connectivity index is 2.22. The molecule has 1 N–H and O–H groups in total. The zero-order valence-electron chi connectivity index (χ0n) is 15.1. The highest BCUT2D eigenvalue weighted by molar-refractivity contribution is 5.86. The maximum atomic E-state index is 12.0. The van der Waals surface area contributed by atoms with E-state index in [4.69, 9.17) is 14.2 Å². The molecule has 0 aliphatic heterocycles. The fourth-order valence-electron chi connectivity index (χ4n) is 2.12. The molecule has 0 aliphatic carbocycles. The van der Waals surface area contributed by atoms with Gasteiger partial charge in [0.1, 0.15) is 11.4 Å². The van der Waals surface area contributed by atoms with Crippen LogP contribution in [0.2, 0.25) is 0 Å². The number of aromatic nitrogens is 2. The van der Waals surface area contributed by atoms with Gasteiger partial charge in [0, 0.05) is 12.1 Å². The number of anilines is 1. The first kappa shape index (κ1) is 18.5. The number of benzene rings is 1. The minimum Gasteiger partial charge on any atom is -0.481 e. The Labute approximate surface area is 147 Å². The summed E-state index contributed by atoms with van der Waals surface area (Å²) in [6.45, 7) is 5.44. The fraction of sp³-hybridized carbons (Fsp3) is 0.389. The van der Waals surface area contributed by atoms with Crippen LogP contribution in [0.5, 0.6) is 11.8 Å². The fourth-order valence-corrected chi connectivity index (χ4v) is 2.12. The average molecular weight is 345 g/mol. The first-order chi connectivity index (χ1) is 11.8. The van der Waals surface area contributed by atoms with Crippen molar-refractivity contribution in [2.45, 2.75) is 32.8 Å². The van der Waals surface area contributed by atoms with Crippen LogP contribution in [-0.4, -0.2) is 35.9 Å². The van der Waals surface area contributed by atoms with Crippen LogP contribution in [-0.2, 0) is 11.2 Å². The molecule has 0 atom stereocenters. The van der Waals surface area contributed by atoms with E-state index in [-0.39, 0.29) is 0 Å². The molecule has 0 saturated carbocycles. The Bertz CT molecular complexity index is 719. The molecule has 7 nitrogen and oxygen atoms in total. The minimum atomic E-state index is -0.567. The average Bonchev–Trinajstić information content (AvgIpc) is 2.54. The maximum absolute atomic E-state index is 12.0. The number of nitrogens with one attached hydrogen (secondary N) is 1. The molecule has 1 heterocycles. The number of hydrogen-bond donors (Lipinski definition) is 1. The van der Waals surface area contributed by atoms with Gasteiger partial charge in [-0.15, -0.1) is 0 Å². The molecule has 0 fully saturated rings. The zero-order valence-corrected chi connectivity index (χ0v) is 15.1. The van der Waals surface area contributed by atoms with Gasteiger partial charge in [0.05, 0.1) is 20.3 Å². The topological polar surface area (TPSA) is 82.6 Å². The third kappa shape index (κ3) is 5.63. The van der Waals surface area contributed by atoms with E-state index in [1.54, 1.807) is 12.1 Å². The lowest BCUT2D eigenvalue weighted by Gasteiger charge is -2.20. The van der Waals surface area contributed by atoms with Gasteiger partial charge in [-0.25, -0.2) is 4.79 Å². The third-order valence-electron chi connectivity index (χ3n) is 3.15. The van der Waals surface area contributed by atoms with Crippen LogP contribution in [0.25, 0.3) is 0 Å². The van der Waals surface area contributed by atoms with Crippen LogP contribution in [0.1, 0.15) is 32.2 Å². The van der Waals surface area contributed by atoms with Crippen molar-refractivity contribution in [3.05, 3.63) is 41.7 Å². The lowest BCUT2D eigenvalue weighted by molar-refractivity contribution is 0.0636. The minimum absolute atomic E-state index is 0.402. The van der Waals surface area contributed by atoms with Gasteiger partial charge in [0.15, 0.2) is 0 Å². The van der Waals surface area contributed by atoms with Crippen molar-refractivity contribution in [3.63, 3.8) is 0 Å². The number of carbonyl (C=O) groups is 1. The molecule has 0 saturated heterocycles. The largest absolute Gasteiger partial charge is 0.481 e. The number of carbonyl (C=O) groups excluding carboxylic acids is 1. The Kier molecular flexibility index (Phi) is 5.80. The summed E-state index contributed by atoms with van der Waals surface area (Å²) >= 11 is 0. The van der Waals surface area contributed by atoms with Gasteiger partial charge in [0.2, 0.25) is 11.8 Å². The molecular weight excluding hydrogens is 322 g/mol. The maximum Gasteiger partial charge on any atom is 0.412 e. The van der Waals surface area contributed by atoms with Crippen LogP contribution < -0.4 is 14.8 Å². The number of hydrogen-bond acceptors (Lipinski definition) is 6. The molecule has 0 unspecified atom stereocenters. The predicted octanol–water partition coefficient (Wildman–Crippen LogP) is 3.43. The summed E-state index contributed by atoms with van der Waals surface area (Å²) in [6, 6.07) is 9.02. The monoisotopic (exact) mass is 345 g/mol. The lowest BCUT2D eigenvalue weighted by atomic mass is 10.1. The molecule has 25 heavy (non-hydrogen) atoms. The second-order valence-electron chi connectivity index (χ2n) is 6.33. The number of methoxy groups -OCH3 is 2.